The van der Waals surface area contributed by atoms with Crippen molar-refractivity contribution < 1.29 is 0 Å². The first kappa shape index (κ1) is 22.1. The summed E-state index contributed by atoms with van der Waals surface area (Å²) in [6, 6.07) is 15.5. The second-order valence-corrected chi connectivity index (χ2v) is 9.63. The Labute approximate surface area is 204 Å². The van der Waals surface area contributed by atoms with E-state index >= 15 is 0 Å². The number of likely N-dealkylation sites (tertiary alicyclic amines) is 1. The van der Waals surface area contributed by atoms with Gasteiger partial charge in [0.25, 0.3) is 0 Å². The third kappa shape index (κ3) is 4.43. The van der Waals surface area contributed by atoms with Crippen molar-refractivity contribution in [3.63, 3.8) is 0 Å². The number of nitrogens with one attached hydrogen (secondary N) is 1. The first-order valence-corrected chi connectivity index (χ1v) is 11.9. The van der Waals surface area contributed by atoms with Crippen LogP contribution in [0.3, 0.4) is 0 Å². The molecule has 1 saturated heterocycles. The van der Waals surface area contributed by atoms with E-state index in [1.807, 2.05) is 59.6 Å². The summed E-state index contributed by atoms with van der Waals surface area (Å²) in [5.41, 5.74) is 3.72. The first-order chi connectivity index (χ1) is 16.0. The molecule has 1 unspecified atom stereocenters. The van der Waals surface area contributed by atoms with Gasteiger partial charge < -0.3 is 10.2 Å². The molecule has 3 aliphatic rings. The minimum atomic E-state index is 0.0941. The van der Waals surface area contributed by atoms with Crippen LogP contribution in [-0.4, -0.2) is 59.0 Å². The Kier molecular flexibility index (Phi) is 5.99. The minimum absolute atomic E-state index is 0.0941. The molecule has 0 spiro atoms. The van der Waals surface area contributed by atoms with Crippen LogP contribution in [0.1, 0.15) is 31.4 Å². The van der Waals surface area contributed by atoms with Gasteiger partial charge in [0.05, 0.1) is 5.02 Å². The van der Waals surface area contributed by atoms with Crippen molar-refractivity contribution in [1.82, 2.24) is 15.2 Å². The average Bonchev–Trinajstić information content (AvgIpc) is 3.21. The average molecular weight is 481 g/mol. The summed E-state index contributed by atoms with van der Waals surface area (Å²) in [5.74, 6) is 1.65. The van der Waals surface area contributed by atoms with Gasteiger partial charge in [-0.3, -0.25) is 0 Å². The predicted octanol–water partition coefficient (Wildman–Crippen LogP) is 4.90. The molecule has 1 N–H and O–H groups in total. The number of halogens is 2. The number of hydrogen-bond acceptors (Lipinski definition) is 6. The van der Waals surface area contributed by atoms with Gasteiger partial charge in [-0.05, 0) is 49.7 Å². The fraction of sp³-hybridized carbons (Fsp3) is 0.320. The quantitative estimate of drug-likeness (QED) is 0.676. The summed E-state index contributed by atoms with van der Waals surface area (Å²) in [7, 11) is 0. The number of amidine groups is 2. The number of hydrazone groups is 1. The summed E-state index contributed by atoms with van der Waals surface area (Å²) in [6.07, 6.45) is 3.10. The molecule has 170 valence electrons. The van der Waals surface area contributed by atoms with Gasteiger partial charge in [0.1, 0.15) is 18.1 Å². The molecule has 1 fully saturated rings. The van der Waals surface area contributed by atoms with Gasteiger partial charge in [0.2, 0.25) is 0 Å². The van der Waals surface area contributed by atoms with E-state index in [2.05, 4.69) is 34.3 Å². The topological polar surface area (TPSA) is 55.6 Å². The Morgan fingerprint density at radius 1 is 1.06 bits per heavy atom. The van der Waals surface area contributed by atoms with Crippen molar-refractivity contribution in [2.45, 2.75) is 25.8 Å². The number of likely N-dealkylation sites (N-methyl/N-ethyl adjacent to an activating group) is 1. The molecular formula is C25H26Cl2N6. The highest BCUT2D eigenvalue weighted by molar-refractivity contribution is 6.42. The Morgan fingerprint density at radius 3 is 2.61 bits per heavy atom. The van der Waals surface area contributed by atoms with E-state index in [0.29, 0.717) is 22.4 Å². The molecule has 0 aromatic heterocycles. The highest BCUT2D eigenvalue weighted by atomic mass is 35.5. The Morgan fingerprint density at radius 2 is 1.85 bits per heavy atom. The number of hydrogen-bond donors (Lipinski definition) is 1. The number of fused-ring (bicyclic) bond motifs is 1. The maximum atomic E-state index is 6.59. The molecule has 2 aromatic carbocycles. The Hall–Kier alpha value is -2.67. The number of nitrogens with zero attached hydrogens (tertiary/aromatic N) is 5. The lowest BCUT2D eigenvalue weighted by atomic mass is 9.94. The summed E-state index contributed by atoms with van der Waals surface area (Å²) in [6.45, 7) is 7.80. The maximum Gasteiger partial charge on any atom is 0.172 e. The van der Waals surface area contributed by atoms with Crippen molar-refractivity contribution in [1.29, 1.82) is 0 Å². The molecular weight excluding hydrogens is 455 g/mol. The molecule has 33 heavy (non-hydrogen) atoms. The van der Waals surface area contributed by atoms with Crippen LogP contribution in [0.5, 0.6) is 0 Å². The number of allylic oxidation sites excluding steroid dienone is 1. The lowest BCUT2D eigenvalue weighted by Crippen LogP contribution is -2.48. The fourth-order valence-electron chi connectivity index (χ4n) is 4.59. The van der Waals surface area contributed by atoms with Gasteiger partial charge in [0, 0.05) is 34.8 Å². The smallest absolute Gasteiger partial charge is 0.172 e. The zero-order chi connectivity index (χ0) is 23.0. The first-order valence-electron chi connectivity index (χ1n) is 11.2. The molecule has 8 heteroatoms. The summed E-state index contributed by atoms with van der Waals surface area (Å²) >= 11 is 12.7. The predicted molar refractivity (Wildman–Crippen MR) is 137 cm³/mol. The highest BCUT2D eigenvalue weighted by Crippen LogP contribution is 2.31. The third-order valence-electron chi connectivity index (χ3n) is 6.30. The van der Waals surface area contributed by atoms with Gasteiger partial charge in [-0.15, -0.1) is 10.2 Å². The normalized spacial score (nSPS) is 22.4. The van der Waals surface area contributed by atoms with Crippen LogP contribution in [0.4, 0.5) is 0 Å². The molecule has 0 radical (unpaired) electrons. The summed E-state index contributed by atoms with van der Waals surface area (Å²) in [4.78, 5) is 2.31. The maximum absolute atomic E-state index is 6.59. The van der Waals surface area contributed by atoms with Crippen molar-refractivity contribution >= 4 is 46.2 Å². The van der Waals surface area contributed by atoms with Crippen LogP contribution in [0.25, 0.3) is 5.57 Å². The van der Waals surface area contributed by atoms with E-state index < -0.39 is 0 Å². The molecule has 5 rings (SSSR count). The molecule has 3 aliphatic heterocycles. The Balaban J connectivity index is 1.51. The lowest BCUT2D eigenvalue weighted by molar-refractivity contribution is 0.361. The van der Waals surface area contributed by atoms with E-state index in [-0.39, 0.29) is 5.54 Å². The van der Waals surface area contributed by atoms with Crippen LogP contribution in [0.2, 0.25) is 10.0 Å². The Bertz CT molecular complexity index is 1180. The van der Waals surface area contributed by atoms with Gasteiger partial charge in [-0.1, -0.05) is 60.5 Å². The molecule has 0 amide bonds. The van der Waals surface area contributed by atoms with Crippen LogP contribution < -0.4 is 5.32 Å². The standard InChI is InChI=1S/C25H26Cl2N6/c1-3-28-25(2)12-13-32(16-25)23-15-33-22(29-30-23)14-20(17-8-10-18(26)11-9-17)24(31-33)19-6-4-5-7-21(19)27/h4-11,14,28H,3,12-13,15-16H2,1-2H3. The molecule has 3 heterocycles. The van der Waals surface area contributed by atoms with Gasteiger partial charge in [-0.25, -0.2) is 5.01 Å². The SMILES string of the molecule is CCNC1(C)CCN(C2=NN=C3C=C(c4ccc(Cl)cc4)C(c4ccccc4Cl)=NN3C2)C1. The van der Waals surface area contributed by atoms with Crippen LogP contribution in [-0.2, 0) is 0 Å². The summed E-state index contributed by atoms with van der Waals surface area (Å²) < 4.78 is 0. The van der Waals surface area contributed by atoms with Crippen LogP contribution in [0, 0.1) is 0 Å². The number of benzene rings is 2. The highest BCUT2D eigenvalue weighted by Gasteiger charge is 2.36. The van der Waals surface area contributed by atoms with Crippen molar-refractivity contribution in [2.24, 2.45) is 15.3 Å². The molecule has 2 aromatic rings. The van der Waals surface area contributed by atoms with Crippen LogP contribution >= 0.6 is 23.2 Å². The molecule has 0 aliphatic carbocycles. The molecule has 0 bridgehead atoms. The van der Waals surface area contributed by atoms with Crippen LogP contribution in [0.15, 0.2) is 69.9 Å². The zero-order valence-corrected chi connectivity index (χ0v) is 20.2. The number of rotatable bonds is 4. The van der Waals surface area contributed by atoms with Crippen molar-refractivity contribution in [3.8, 4) is 0 Å². The largest absolute Gasteiger partial charge is 0.355 e. The minimum Gasteiger partial charge on any atom is -0.355 e. The van der Waals surface area contributed by atoms with E-state index in [0.717, 1.165) is 54.3 Å². The second kappa shape index (κ2) is 8.93. The van der Waals surface area contributed by atoms with E-state index in [1.54, 1.807) is 0 Å². The van der Waals surface area contributed by atoms with Gasteiger partial charge >= 0.3 is 0 Å². The van der Waals surface area contributed by atoms with Gasteiger partial charge in [-0.2, -0.15) is 5.10 Å². The molecule has 0 saturated carbocycles. The fourth-order valence-corrected chi connectivity index (χ4v) is 4.94. The third-order valence-corrected chi connectivity index (χ3v) is 6.88. The second-order valence-electron chi connectivity index (χ2n) is 8.79. The zero-order valence-electron chi connectivity index (χ0n) is 18.7. The van der Waals surface area contributed by atoms with E-state index in [1.165, 1.54) is 0 Å². The van der Waals surface area contributed by atoms with E-state index in [9.17, 15) is 0 Å². The molecule has 1 atom stereocenters. The van der Waals surface area contributed by atoms with Crippen molar-refractivity contribution in [2.75, 3.05) is 26.2 Å². The monoisotopic (exact) mass is 480 g/mol. The molecule has 6 nitrogen and oxygen atoms in total. The lowest BCUT2D eigenvalue weighted by Gasteiger charge is -2.32. The van der Waals surface area contributed by atoms with Crippen molar-refractivity contribution in [3.05, 3.63) is 75.8 Å². The van der Waals surface area contributed by atoms with Gasteiger partial charge in [0.15, 0.2) is 5.84 Å². The van der Waals surface area contributed by atoms with E-state index in [4.69, 9.17) is 28.3 Å². The summed E-state index contributed by atoms with van der Waals surface area (Å²) in [5, 5.41) is 21.0.